The summed E-state index contributed by atoms with van der Waals surface area (Å²) in [5.74, 6) is 0.527. The quantitative estimate of drug-likeness (QED) is 0.549. The van der Waals surface area contributed by atoms with Crippen LogP contribution in [0.5, 0.6) is 0 Å². The fourth-order valence-corrected chi connectivity index (χ4v) is 2.93. The molecule has 1 rings (SSSR count). The number of aliphatic hydroxyl groups excluding tert-OH is 1. The van der Waals surface area contributed by atoms with E-state index < -0.39 is 0 Å². The Morgan fingerprint density at radius 2 is 1.61 bits per heavy atom. The van der Waals surface area contributed by atoms with Crippen LogP contribution in [0.4, 0.5) is 0 Å². The summed E-state index contributed by atoms with van der Waals surface area (Å²) >= 11 is 0. The molecule has 1 aliphatic rings. The number of hydrogen-bond acceptors (Lipinski definition) is 2. The van der Waals surface area contributed by atoms with Crippen LogP contribution in [0.3, 0.4) is 0 Å². The number of nitrogens with one attached hydrogen (secondary N) is 1. The highest BCUT2D eigenvalue weighted by atomic mass is 16.3. The molecule has 0 heterocycles. The maximum atomic E-state index is 9.69. The highest BCUT2D eigenvalue weighted by Crippen LogP contribution is 2.24. The summed E-state index contributed by atoms with van der Waals surface area (Å²) < 4.78 is 0. The van der Waals surface area contributed by atoms with Crippen molar-refractivity contribution in [3.8, 4) is 0 Å². The monoisotopic (exact) mass is 255 g/mol. The van der Waals surface area contributed by atoms with Crippen molar-refractivity contribution < 1.29 is 5.11 Å². The largest absolute Gasteiger partial charge is 0.393 e. The first-order valence-electron chi connectivity index (χ1n) is 8.23. The third-order valence-electron chi connectivity index (χ3n) is 4.23. The first kappa shape index (κ1) is 16.0. The Morgan fingerprint density at radius 3 is 2.22 bits per heavy atom. The van der Waals surface area contributed by atoms with E-state index in [0.717, 1.165) is 19.5 Å². The highest BCUT2D eigenvalue weighted by molar-refractivity contribution is 4.77. The number of rotatable bonds is 11. The van der Waals surface area contributed by atoms with Crippen LogP contribution in [-0.4, -0.2) is 24.3 Å². The zero-order valence-corrected chi connectivity index (χ0v) is 12.3. The van der Waals surface area contributed by atoms with E-state index >= 15 is 0 Å². The lowest BCUT2D eigenvalue weighted by molar-refractivity contribution is 0.131. The van der Waals surface area contributed by atoms with E-state index in [1.807, 2.05) is 0 Å². The lowest BCUT2D eigenvalue weighted by Crippen LogP contribution is -2.28. The minimum absolute atomic E-state index is 0.0314. The minimum atomic E-state index is -0.0314. The topological polar surface area (TPSA) is 32.3 Å². The maximum Gasteiger partial charge on any atom is 0.0580 e. The van der Waals surface area contributed by atoms with Crippen molar-refractivity contribution in [3.63, 3.8) is 0 Å². The first-order chi connectivity index (χ1) is 8.84. The molecule has 1 aliphatic carbocycles. The molecule has 2 atom stereocenters. The van der Waals surface area contributed by atoms with Crippen LogP contribution in [-0.2, 0) is 0 Å². The second kappa shape index (κ2) is 10.8. The predicted molar refractivity (Wildman–Crippen MR) is 78.8 cm³/mol. The van der Waals surface area contributed by atoms with Crippen LogP contribution >= 0.6 is 0 Å². The fraction of sp³-hybridized carbons (Fsp3) is 1.00. The zero-order valence-electron chi connectivity index (χ0n) is 12.3. The summed E-state index contributed by atoms with van der Waals surface area (Å²) in [6.07, 6.45) is 14.5. The smallest absolute Gasteiger partial charge is 0.0580 e. The third kappa shape index (κ3) is 7.38. The molecule has 0 bridgehead atoms. The van der Waals surface area contributed by atoms with E-state index in [9.17, 15) is 5.11 Å². The van der Waals surface area contributed by atoms with E-state index in [2.05, 4.69) is 12.2 Å². The zero-order chi connectivity index (χ0) is 13.1. The lowest BCUT2D eigenvalue weighted by atomic mass is 10.1. The van der Waals surface area contributed by atoms with Gasteiger partial charge in [-0.3, -0.25) is 0 Å². The average molecular weight is 255 g/mol. The van der Waals surface area contributed by atoms with E-state index in [0.29, 0.717) is 5.92 Å². The van der Waals surface area contributed by atoms with Gasteiger partial charge in [-0.1, -0.05) is 58.3 Å². The van der Waals surface area contributed by atoms with Crippen molar-refractivity contribution in [1.82, 2.24) is 5.32 Å². The summed E-state index contributed by atoms with van der Waals surface area (Å²) in [5.41, 5.74) is 0. The number of unbranched alkanes of at least 4 members (excludes halogenated alkanes) is 7. The summed E-state index contributed by atoms with van der Waals surface area (Å²) in [6.45, 7) is 4.43. The standard InChI is InChI=1S/C16H33NO/c1-2-3-4-5-6-7-8-9-13-17-14-15-11-10-12-16(15)18/h15-18H,2-14H2,1H3. The van der Waals surface area contributed by atoms with Gasteiger partial charge in [-0.25, -0.2) is 0 Å². The molecular weight excluding hydrogens is 222 g/mol. The Kier molecular flexibility index (Phi) is 9.59. The molecular formula is C16H33NO. The molecule has 0 aliphatic heterocycles. The van der Waals surface area contributed by atoms with Gasteiger partial charge in [-0.15, -0.1) is 0 Å². The Bertz CT molecular complexity index is 184. The van der Waals surface area contributed by atoms with Crippen molar-refractivity contribution in [2.75, 3.05) is 13.1 Å². The van der Waals surface area contributed by atoms with Crippen LogP contribution in [0.25, 0.3) is 0 Å². The molecule has 1 fully saturated rings. The van der Waals surface area contributed by atoms with Gasteiger partial charge < -0.3 is 10.4 Å². The van der Waals surface area contributed by atoms with Gasteiger partial charge in [0.15, 0.2) is 0 Å². The molecule has 2 heteroatoms. The summed E-state index contributed by atoms with van der Waals surface area (Å²) in [6, 6.07) is 0. The van der Waals surface area contributed by atoms with Crippen molar-refractivity contribution in [2.45, 2.75) is 83.7 Å². The number of hydrogen-bond donors (Lipinski definition) is 2. The Labute approximate surface area is 114 Å². The lowest BCUT2D eigenvalue weighted by Gasteiger charge is -2.14. The minimum Gasteiger partial charge on any atom is -0.393 e. The van der Waals surface area contributed by atoms with Crippen LogP contribution in [0.1, 0.15) is 77.6 Å². The summed E-state index contributed by atoms with van der Waals surface area (Å²) in [7, 11) is 0. The van der Waals surface area contributed by atoms with E-state index in [1.54, 1.807) is 0 Å². The second-order valence-corrected chi connectivity index (χ2v) is 5.94. The van der Waals surface area contributed by atoms with Crippen LogP contribution in [0.2, 0.25) is 0 Å². The molecule has 18 heavy (non-hydrogen) atoms. The Morgan fingerprint density at radius 1 is 0.944 bits per heavy atom. The number of aliphatic hydroxyl groups is 1. The van der Waals surface area contributed by atoms with Gasteiger partial charge in [0, 0.05) is 6.54 Å². The molecule has 0 amide bonds. The van der Waals surface area contributed by atoms with Crippen molar-refractivity contribution >= 4 is 0 Å². The molecule has 0 aromatic heterocycles. The van der Waals surface area contributed by atoms with E-state index in [-0.39, 0.29) is 6.10 Å². The van der Waals surface area contributed by atoms with Gasteiger partial charge in [0.2, 0.25) is 0 Å². The van der Waals surface area contributed by atoms with Gasteiger partial charge in [-0.2, -0.15) is 0 Å². The average Bonchev–Trinajstić information content (AvgIpc) is 2.77. The molecule has 108 valence electrons. The highest BCUT2D eigenvalue weighted by Gasteiger charge is 2.24. The third-order valence-corrected chi connectivity index (χ3v) is 4.23. The summed E-state index contributed by atoms with van der Waals surface area (Å²) in [5, 5.41) is 13.2. The molecule has 1 saturated carbocycles. The van der Waals surface area contributed by atoms with Crippen LogP contribution in [0.15, 0.2) is 0 Å². The molecule has 0 saturated heterocycles. The van der Waals surface area contributed by atoms with Crippen molar-refractivity contribution in [3.05, 3.63) is 0 Å². The van der Waals surface area contributed by atoms with Gasteiger partial charge in [0.1, 0.15) is 0 Å². The molecule has 2 N–H and O–H groups in total. The molecule has 2 nitrogen and oxygen atoms in total. The van der Waals surface area contributed by atoms with Gasteiger partial charge >= 0.3 is 0 Å². The van der Waals surface area contributed by atoms with Gasteiger partial charge in [0.25, 0.3) is 0 Å². The summed E-state index contributed by atoms with van der Waals surface area (Å²) in [4.78, 5) is 0. The Balaban J connectivity index is 1.76. The fourth-order valence-electron chi connectivity index (χ4n) is 2.93. The van der Waals surface area contributed by atoms with E-state index in [1.165, 1.54) is 64.2 Å². The van der Waals surface area contributed by atoms with Crippen LogP contribution in [0, 0.1) is 5.92 Å². The molecule has 2 unspecified atom stereocenters. The molecule has 0 aromatic rings. The maximum absolute atomic E-state index is 9.69. The van der Waals surface area contributed by atoms with Gasteiger partial charge in [-0.05, 0) is 31.7 Å². The molecule has 0 spiro atoms. The van der Waals surface area contributed by atoms with Crippen LogP contribution < -0.4 is 5.32 Å². The van der Waals surface area contributed by atoms with Crippen molar-refractivity contribution in [2.24, 2.45) is 5.92 Å². The normalized spacial score (nSPS) is 23.7. The first-order valence-corrected chi connectivity index (χ1v) is 8.23. The van der Waals surface area contributed by atoms with Gasteiger partial charge in [0.05, 0.1) is 6.10 Å². The predicted octanol–water partition coefficient (Wildman–Crippen LogP) is 3.88. The Hall–Kier alpha value is -0.0800. The SMILES string of the molecule is CCCCCCCCCCNCC1CCCC1O. The van der Waals surface area contributed by atoms with E-state index in [4.69, 9.17) is 0 Å². The molecule has 0 radical (unpaired) electrons. The molecule has 0 aromatic carbocycles. The second-order valence-electron chi connectivity index (χ2n) is 5.94. The van der Waals surface area contributed by atoms with Crippen molar-refractivity contribution in [1.29, 1.82) is 0 Å².